The van der Waals surface area contributed by atoms with Crippen molar-refractivity contribution in [3.8, 4) is 0 Å². The van der Waals surface area contributed by atoms with Crippen LogP contribution in [-0.4, -0.2) is 22.4 Å². The highest BCUT2D eigenvalue weighted by atomic mass is 16.3. The van der Waals surface area contributed by atoms with Gasteiger partial charge in [-0.3, -0.25) is 0 Å². The van der Waals surface area contributed by atoms with Crippen LogP contribution in [0.15, 0.2) is 0 Å². The molecule has 2 atom stereocenters. The van der Waals surface area contributed by atoms with Gasteiger partial charge in [0.25, 0.3) is 0 Å². The summed E-state index contributed by atoms with van der Waals surface area (Å²) in [6, 6.07) is 0. The average molecular weight is 230 g/mol. The molecule has 0 bridgehead atoms. The van der Waals surface area contributed by atoms with E-state index in [1.807, 2.05) is 6.92 Å². The molecule has 0 amide bonds. The zero-order valence-corrected chi connectivity index (χ0v) is 11.5. The average Bonchev–Trinajstić information content (AvgIpc) is 2.27. The van der Waals surface area contributed by atoms with Crippen LogP contribution in [0, 0.1) is 5.41 Å². The Balaban J connectivity index is 4.89. The minimum Gasteiger partial charge on any atom is -0.392 e. The molecule has 16 heavy (non-hydrogen) atoms. The van der Waals surface area contributed by atoms with E-state index in [4.69, 9.17) is 0 Å². The summed E-state index contributed by atoms with van der Waals surface area (Å²) < 4.78 is 0. The highest BCUT2D eigenvalue weighted by molar-refractivity contribution is 4.91. The number of aliphatic hydroxyl groups is 2. The molecule has 0 spiro atoms. The fourth-order valence-corrected chi connectivity index (χ4v) is 2.91. The summed E-state index contributed by atoms with van der Waals surface area (Å²) in [7, 11) is 0. The fourth-order valence-electron chi connectivity index (χ4n) is 2.91. The third kappa shape index (κ3) is 3.74. The third-order valence-corrected chi connectivity index (χ3v) is 3.71. The molecule has 0 aromatic rings. The minimum absolute atomic E-state index is 0.270. The highest BCUT2D eigenvalue weighted by Crippen LogP contribution is 2.40. The van der Waals surface area contributed by atoms with Crippen LogP contribution in [0.5, 0.6) is 0 Å². The lowest BCUT2D eigenvalue weighted by molar-refractivity contribution is -0.0867. The van der Waals surface area contributed by atoms with Gasteiger partial charge in [-0.15, -0.1) is 0 Å². The molecule has 0 aromatic carbocycles. The molecule has 2 nitrogen and oxygen atoms in total. The number of rotatable bonds is 9. The van der Waals surface area contributed by atoms with Crippen molar-refractivity contribution in [3.05, 3.63) is 0 Å². The summed E-state index contributed by atoms with van der Waals surface area (Å²) in [5, 5.41) is 20.6. The Hall–Kier alpha value is -0.0800. The molecule has 0 aliphatic rings. The van der Waals surface area contributed by atoms with Crippen LogP contribution in [0.3, 0.4) is 0 Å². The van der Waals surface area contributed by atoms with Gasteiger partial charge in [0.2, 0.25) is 0 Å². The summed E-state index contributed by atoms with van der Waals surface area (Å²) in [5.74, 6) is 0. The molecule has 2 unspecified atom stereocenters. The van der Waals surface area contributed by atoms with Gasteiger partial charge < -0.3 is 10.2 Å². The van der Waals surface area contributed by atoms with Gasteiger partial charge in [0.15, 0.2) is 0 Å². The molecule has 2 heteroatoms. The molecular formula is C14H30O2. The Kier molecular flexibility index (Phi) is 8.04. The number of hydrogen-bond acceptors (Lipinski definition) is 2. The first kappa shape index (κ1) is 15.9. The van der Waals surface area contributed by atoms with Crippen LogP contribution in [0.25, 0.3) is 0 Å². The van der Waals surface area contributed by atoms with Gasteiger partial charge >= 0.3 is 0 Å². The zero-order chi connectivity index (χ0) is 12.6. The molecule has 0 aliphatic carbocycles. The van der Waals surface area contributed by atoms with Gasteiger partial charge in [0.1, 0.15) is 0 Å². The first-order chi connectivity index (χ1) is 7.58. The summed E-state index contributed by atoms with van der Waals surface area (Å²) in [6.45, 7) is 8.35. The number of aliphatic hydroxyl groups excluding tert-OH is 2. The van der Waals surface area contributed by atoms with Gasteiger partial charge in [-0.25, -0.2) is 0 Å². The van der Waals surface area contributed by atoms with Crippen molar-refractivity contribution >= 4 is 0 Å². The Bertz CT molecular complexity index is 162. The normalized spacial score (nSPS) is 16.1. The second-order valence-corrected chi connectivity index (χ2v) is 4.96. The van der Waals surface area contributed by atoms with Crippen molar-refractivity contribution in [1.29, 1.82) is 0 Å². The van der Waals surface area contributed by atoms with E-state index in [0.29, 0.717) is 0 Å². The predicted molar refractivity (Wildman–Crippen MR) is 69.5 cm³/mol. The molecule has 98 valence electrons. The maximum atomic E-state index is 10.4. The maximum Gasteiger partial charge on any atom is 0.0621 e. The van der Waals surface area contributed by atoms with E-state index < -0.39 is 0 Å². The lowest BCUT2D eigenvalue weighted by atomic mass is 9.68. The van der Waals surface area contributed by atoms with E-state index in [1.54, 1.807) is 0 Å². The molecule has 0 heterocycles. The Morgan fingerprint density at radius 1 is 0.812 bits per heavy atom. The smallest absolute Gasteiger partial charge is 0.0621 e. The van der Waals surface area contributed by atoms with Crippen molar-refractivity contribution in [3.63, 3.8) is 0 Å². The second-order valence-electron chi connectivity index (χ2n) is 4.96. The molecule has 0 saturated carbocycles. The van der Waals surface area contributed by atoms with Crippen LogP contribution >= 0.6 is 0 Å². The van der Waals surface area contributed by atoms with Crippen LogP contribution in [0.1, 0.15) is 72.6 Å². The van der Waals surface area contributed by atoms with E-state index in [2.05, 4.69) is 20.8 Å². The van der Waals surface area contributed by atoms with Gasteiger partial charge in [0, 0.05) is 5.41 Å². The van der Waals surface area contributed by atoms with E-state index >= 15 is 0 Å². The molecule has 0 aromatic heterocycles. The number of hydrogen-bond donors (Lipinski definition) is 2. The third-order valence-electron chi connectivity index (χ3n) is 3.71. The van der Waals surface area contributed by atoms with Crippen molar-refractivity contribution in [2.24, 2.45) is 5.41 Å². The maximum absolute atomic E-state index is 10.4. The van der Waals surface area contributed by atoms with Crippen LogP contribution in [0.4, 0.5) is 0 Å². The molecule has 2 N–H and O–H groups in total. The van der Waals surface area contributed by atoms with E-state index in [9.17, 15) is 10.2 Å². The summed E-state index contributed by atoms with van der Waals surface area (Å²) >= 11 is 0. The summed E-state index contributed by atoms with van der Waals surface area (Å²) in [4.78, 5) is 0. The molecule has 0 aliphatic heterocycles. The zero-order valence-electron chi connectivity index (χ0n) is 11.5. The predicted octanol–water partition coefficient (Wildman–Crippen LogP) is 3.50. The first-order valence-electron chi connectivity index (χ1n) is 6.95. The largest absolute Gasteiger partial charge is 0.392 e. The van der Waals surface area contributed by atoms with E-state index in [1.165, 1.54) is 0 Å². The Morgan fingerprint density at radius 3 is 1.62 bits per heavy atom. The fraction of sp³-hybridized carbons (Fsp3) is 1.00. The van der Waals surface area contributed by atoms with Crippen molar-refractivity contribution < 1.29 is 10.2 Å². The van der Waals surface area contributed by atoms with Gasteiger partial charge in [-0.05, 0) is 25.7 Å². The summed E-state index contributed by atoms with van der Waals surface area (Å²) in [6.07, 6.45) is 5.70. The molecule has 0 radical (unpaired) electrons. The van der Waals surface area contributed by atoms with Crippen molar-refractivity contribution in [2.75, 3.05) is 0 Å². The van der Waals surface area contributed by atoms with Gasteiger partial charge in [-0.1, -0.05) is 47.0 Å². The minimum atomic E-state index is -0.367. The Morgan fingerprint density at radius 2 is 1.31 bits per heavy atom. The standard InChI is InChI=1S/C14H30O2/c1-5-9-13(16)14(10-6-2,11-7-3)12(15)8-4/h12-13,15-16H,5-11H2,1-4H3. The lowest BCUT2D eigenvalue weighted by Gasteiger charge is -2.42. The molecule has 0 fully saturated rings. The van der Waals surface area contributed by atoms with E-state index in [0.717, 1.165) is 44.9 Å². The van der Waals surface area contributed by atoms with Gasteiger partial charge in [-0.2, -0.15) is 0 Å². The SMILES string of the molecule is CCCC(O)C(CCC)(CCC)C(O)CC. The van der Waals surface area contributed by atoms with Crippen LogP contribution in [0.2, 0.25) is 0 Å². The van der Waals surface area contributed by atoms with Gasteiger partial charge in [0.05, 0.1) is 12.2 Å². The highest BCUT2D eigenvalue weighted by Gasteiger charge is 2.41. The quantitative estimate of drug-likeness (QED) is 0.636. The lowest BCUT2D eigenvalue weighted by Crippen LogP contribution is -2.45. The molecule has 0 saturated heterocycles. The molecule has 0 rings (SSSR count). The van der Waals surface area contributed by atoms with E-state index in [-0.39, 0.29) is 17.6 Å². The monoisotopic (exact) mass is 230 g/mol. The van der Waals surface area contributed by atoms with Crippen LogP contribution < -0.4 is 0 Å². The second kappa shape index (κ2) is 8.08. The summed E-state index contributed by atoms with van der Waals surface area (Å²) in [5.41, 5.74) is -0.270. The van der Waals surface area contributed by atoms with Crippen molar-refractivity contribution in [2.45, 2.75) is 84.8 Å². The van der Waals surface area contributed by atoms with Crippen LogP contribution in [-0.2, 0) is 0 Å². The first-order valence-corrected chi connectivity index (χ1v) is 6.95. The topological polar surface area (TPSA) is 40.5 Å². The Labute approximate surface area is 101 Å². The molecular weight excluding hydrogens is 200 g/mol. The van der Waals surface area contributed by atoms with Crippen molar-refractivity contribution in [1.82, 2.24) is 0 Å².